The Bertz CT molecular complexity index is 466. The van der Waals surface area contributed by atoms with Gasteiger partial charge in [0.05, 0.1) is 16.1 Å². The molecule has 2 atom stereocenters. The molecule has 0 bridgehead atoms. The van der Waals surface area contributed by atoms with E-state index in [1.807, 2.05) is 10.4 Å². The van der Waals surface area contributed by atoms with Crippen molar-refractivity contribution in [1.82, 2.24) is 0 Å². The van der Waals surface area contributed by atoms with Crippen molar-refractivity contribution in [3.8, 4) is 0 Å². The zero-order valence-corrected chi connectivity index (χ0v) is 15.4. The van der Waals surface area contributed by atoms with Crippen molar-refractivity contribution in [3.63, 3.8) is 0 Å². The van der Waals surface area contributed by atoms with Crippen LogP contribution in [0.25, 0.3) is 0 Å². The summed E-state index contributed by atoms with van der Waals surface area (Å²) in [6.45, 7) is 9.84. The fourth-order valence-corrected chi connectivity index (χ4v) is 18.5. The molecule has 1 fully saturated rings. The van der Waals surface area contributed by atoms with E-state index in [9.17, 15) is 0 Å². The van der Waals surface area contributed by atoms with Gasteiger partial charge >= 0.3 is 0 Å². The first-order valence-corrected chi connectivity index (χ1v) is 13.5. The molecule has 20 heavy (non-hydrogen) atoms. The van der Waals surface area contributed by atoms with Crippen molar-refractivity contribution < 1.29 is 0 Å². The monoisotopic (exact) mass is 300 g/mol. The second-order valence-electron chi connectivity index (χ2n) is 6.70. The Morgan fingerprint density at radius 2 is 1.05 bits per heavy atom. The summed E-state index contributed by atoms with van der Waals surface area (Å²) in [5, 5.41) is 3.85. The van der Waals surface area contributed by atoms with Crippen molar-refractivity contribution in [1.29, 1.82) is 0 Å². The first-order chi connectivity index (χ1) is 9.70. The van der Waals surface area contributed by atoms with Gasteiger partial charge in [-0.3, -0.25) is 0 Å². The highest BCUT2D eigenvalue weighted by molar-refractivity contribution is 7.01. The van der Waals surface area contributed by atoms with Crippen molar-refractivity contribution >= 4 is 16.1 Å². The molecule has 2 heteroatoms. The molecule has 0 amide bonds. The summed E-state index contributed by atoms with van der Waals surface area (Å²) in [6, 6.07) is 5.66. The number of fused-ring (bicyclic) bond motifs is 2. The van der Waals surface area contributed by atoms with E-state index in [4.69, 9.17) is 0 Å². The molecule has 1 saturated heterocycles. The summed E-state index contributed by atoms with van der Waals surface area (Å²) in [5.74, 6) is 0. The third kappa shape index (κ3) is 1.52. The molecular weight excluding hydrogens is 272 g/mol. The van der Waals surface area contributed by atoms with Gasteiger partial charge in [0.2, 0.25) is 0 Å². The van der Waals surface area contributed by atoms with E-state index in [2.05, 4.69) is 64.2 Å². The molecule has 1 heterocycles. The third-order valence-electron chi connectivity index (χ3n) is 6.69. The number of hydrogen-bond acceptors (Lipinski definition) is 0. The highest BCUT2D eigenvalue weighted by Crippen LogP contribution is 2.61. The van der Waals surface area contributed by atoms with Crippen molar-refractivity contribution in [2.24, 2.45) is 0 Å². The molecule has 0 nitrogen and oxygen atoms in total. The molecule has 2 aliphatic carbocycles. The molecule has 108 valence electrons. The minimum atomic E-state index is -1.33. The Morgan fingerprint density at radius 3 is 1.35 bits per heavy atom. The number of hydrogen-bond donors (Lipinski definition) is 0. The first-order valence-electron chi connectivity index (χ1n) is 8.47. The topological polar surface area (TPSA) is 0 Å². The fourth-order valence-electron chi connectivity index (χ4n) is 5.43. The van der Waals surface area contributed by atoms with E-state index in [-0.39, 0.29) is 0 Å². The Morgan fingerprint density at radius 1 is 0.700 bits per heavy atom. The minimum Gasteiger partial charge on any atom is -0.0801 e. The lowest BCUT2D eigenvalue weighted by Crippen LogP contribution is -2.56. The molecule has 3 aliphatic rings. The molecule has 2 unspecified atom stereocenters. The third-order valence-corrected chi connectivity index (χ3v) is 19.0. The van der Waals surface area contributed by atoms with E-state index < -0.39 is 16.1 Å². The fraction of sp³-hybridized carbons (Fsp3) is 0.556. The molecule has 0 aromatic heterocycles. The summed E-state index contributed by atoms with van der Waals surface area (Å²) in [5.41, 5.74) is 1.68. The Hall–Kier alpha value is -0.606. The Kier molecular flexibility index (Phi) is 3.58. The normalized spacial score (nSPS) is 31.8. The molecule has 0 aromatic rings. The van der Waals surface area contributed by atoms with E-state index in [0.717, 1.165) is 11.1 Å². The summed E-state index contributed by atoms with van der Waals surface area (Å²) < 4.78 is 0. The van der Waals surface area contributed by atoms with Crippen LogP contribution in [0.1, 0.15) is 27.7 Å². The van der Waals surface area contributed by atoms with E-state index >= 15 is 0 Å². The molecule has 0 aromatic carbocycles. The summed E-state index contributed by atoms with van der Waals surface area (Å²) in [6.07, 6.45) is 15.0. The van der Waals surface area contributed by atoms with Gasteiger partial charge in [-0.15, -0.1) is 0 Å². The molecular formula is C18H28Si2. The zero-order valence-electron chi connectivity index (χ0n) is 13.4. The van der Waals surface area contributed by atoms with Crippen LogP contribution >= 0.6 is 0 Å². The molecule has 1 aliphatic heterocycles. The van der Waals surface area contributed by atoms with Crippen LogP contribution in [0.2, 0.25) is 35.3 Å². The zero-order chi connectivity index (χ0) is 14.4. The minimum absolute atomic E-state index is 0.839. The van der Waals surface area contributed by atoms with Crippen LogP contribution in [0.3, 0.4) is 0 Å². The van der Waals surface area contributed by atoms with Gasteiger partial charge in [0.1, 0.15) is 0 Å². The molecule has 0 saturated carbocycles. The van der Waals surface area contributed by atoms with Crippen LogP contribution in [-0.2, 0) is 0 Å². The van der Waals surface area contributed by atoms with Gasteiger partial charge in [-0.1, -0.05) is 98.7 Å². The molecule has 0 N–H and O–H groups in total. The van der Waals surface area contributed by atoms with Crippen LogP contribution in [-0.4, -0.2) is 16.1 Å². The van der Waals surface area contributed by atoms with E-state index in [1.165, 1.54) is 24.2 Å². The van der Waals surface area contributed by atoms with Crippen molar-refractivity contribution in [2.75, 3.05) is 0 Å². The average molecular weight is 301 g/mol. The Balaban J connectivity index is 2.20. The smallest absolute Gasteiger partial charge is 0.0801 e. The van der Waals surface area contributed by atoms with E-state index in [1.54, 1.807) is 0 Å². The summed E-state index contributed by atoms with van der Waals surface area (Å²) in [4.78, 5) is 0. The van der Waals surface area contributed by atoms with Gasteiger partial charge in [0.15, 0.2) is 0 Å². The highest BCUT2D eigenvalue weighted by atomic mass is 28.3. The average Bonchev–Trinajstić information content (AvgIpc) is 3.15. The lowest BCUT2D eigenvalue weighted by Gasteiger charge is -2.54. The van der Waals surface area contributed by atoms with Crippen LogP contribution in [0, 0.1) is 0 Å². The van der Waals surface area contributed by atoms with Gasteiger partial charge < -0.3 is 0 Å². The predicted octanol–water partition coefficient (Wildman–Crippen LogP) is 5.79. The maximum absolute atomic E-state index is 2.58. The van der Waals surface area contributed by atoms with Crippen LogP contribution in [0.4, 0.5) is 0 Å². The lowest BCUT2D eigenvalue weighted by atomic mass is 10.4. The predicted molar refractivity (Wildman–Crippen MR) is 95.4 cm³/mol. The van der Waals surface area contributed by atoms with Crippen molar-refractivity contribution in [3.05, 3.63) is 46.8 Å². The van der Waals surface area contributed by atoms with Gasteiger partial charge in [-0.25, -0.2) is 0 Å². The summed E-state index contributed by atoms with van der Waals surface area (Å²) in [7, 11) is -2.67. The van der Waals surface area contributed by atoms with Crippen LogP contribution < -0.4 is 0 Å². The van der Waals surface area contributed by atoms with Gasteiger partial charge in [-0.2, -0.15) is 0 Å². The van der Waals surface area contributed by atoms with Crippen LogP contribution in [0.15, 0.2) is 46.8 Å². The second-order valence-corrected chi connectivity index (χ2v) is 16.5. The quantitative estimate of drug-likeness (QED) is 0.577. The van der Waals surface area contributed by atoms with Gasteiger partial charge in [0.25, 0.3) is 0 Å². The molecule has 0 radical (unpaired) electrons. The summed E-state index contributed by atoms with van der Waals surface area (Å²) >= 11 is 0. The van der Waals surface area contributed by atoms with Gasteiger partial charge in [0, 0.05) is 0 Å². The molecule has 3 rings (SSSR count). The number of allylic oxidation sites excluding steroid dienone is 8. The maximum atomic E-state index is 2.58. The lowest BCUT2D eigenvalue weighted by molar-refractivity contribution is 1.000. The first kappa shape index (κ1) is 14.3. The SMILES string of the molecule is CC[Si]1(CC)C2=CC=CC2[Si](CC)(CC)C2=CC=CC21. The number of rotatable bonds is 4. The largest absolute Gasteiger partial charge is 0.0918 e. The molecule has 0 spiro atoms. The van der Waals surface area contributed by atoms with Crippen molar-refractivity contribution in [2.45, 2.75) is 63.0 Å². The Labute approximate surface area is 126 Å². The standard InChI is InChI=1S/C18H28Si2/c1-5-19(6-2)15-11-9-13-17(15)20(7-3,8-4)18-14-10-12-16(18)19/h9-15,18H,5-8H2,1-4H3. The van der Waals surface area contributed by atoms with Gasteiger partial charge in [-0.05, 0) is 11.1 Å². The highest BCUT2D eigenvalue weighted by Gasteiger charge is 2.58. The van der Waals surface area contributed by atoms with E-state index in [0.29, 0.717) is 0 Å². The second kappa shape index (κ2) is 4.99. The maximum Gasteiger partial charge on any atom is 0.0918 e. The van der Waals surface area contributed by atoms with Crippen LogP contribution in [0.5, 0.6) is 0 Å².